The molecule has 0 saturated heterocycles. The standard InChI is InChI=1S/C21H31Br2NO3Si/c1-13(2)28(14(3)4,15(5)6)27-12-19(23)18(22)11-24-20(25)16-9-7-8-10-17(16)21(24)26/h7-10,13-15,18-19H,11-12H2,1-6H3/t18-,19-/m0/s1. The van der Waals surface area contributed by atoms with Crippen molar-refractivity contribution in [2.45, 2.75) is 67.8 Å². The maximum Gasteiger partial charge on any atom is 0.261 e. The number of hydrogen-bond acceptors (Lipinski definition) is 3. The smallest absolute Gasteiger partial charge is 0.261 e. The van der Waals surface area contributed by atoms with Gasteiger partial charge in [0.2, 0.25) is 0 Å². The van der Waals surface area contributed by atoms with Gasteiger partial charge in [0.25, 0.3) is 11.8 Å². The summed E-state index contributed by atoms with van der Waals surface area (Å²) in [7, 11) is -1.96. The van der Waals surface area contributed by atoms with Gasteiger partial charge in [-0.2, -0.15) is 0 Å². The van der Waals surface area contributed by atoms with E-state index in [9.17, 15) is 9.59 Å². The molecule has 1 aromatic carbocycles. The third kappa shape index (κ3) is 4.47. The number of imide groups is 1. The predicted octanol–water partition coefficient (Wildman–Crippen LogP) is 6.00. The molecule has 1 heterocycles. The fourth-order valence-electron chi connectivity index (χ4n) is 4.52. The SMILES string of the molecule is CC(C)[Si](OC[C@H](Br)[C@@H](Br)CN1C(=O)c2ccccc2C1=O)(C(C)C)C(C)C. The van der Waals surface area contributed by atoms with Crippen molar-refractivity contribution in [2.75, 3.05) is 13.2 Å². The summed E-state index contributed by atoms with van der Waals surface area (Å²) < 4.78 is 6.65. The minimum absolute atomic E-state index is 0.0000581. The van der Waals surface area contributed by atoms with E-state index < -0.39 is 8.32 Å². The Bertz CT molecular complexity index is 667. The Kier molecular flexibility index (Phi) is 8.10. The average Bonchev–Trinajstić information content (AvgIpc) is 2.86. The molecule has 0 aromatic heterocycles. The van der Waals surface area contributed by atoms with Crippen LogP contribution < -0.4 is 0 Å². The van der Waals surface area contributed by atoms with E-state index in [0.29, 0.717) is 40.9 Å². The molecule has 2 atom stereocenters. The number of benzene rings is 1. The molecule has 1 aliphatic heterocycles. The van der Waals surface area contributed by atoms with Crippen LogP contribution in [0.2, 0.25) is 16.6 Å². The molecule has 156 valence electrons. The van der Waals surface area contributed by atoms with Gasteiger partial charge in [0, 0.05) is 18.0 Å². The second kappa shape index (κ2) is 9.54. The van der Waals surface area contributed by atoms with Gasteiger partial charge in [-0.15, -0.1) is 0 Å². The minimum Gasteiger partial charge on any atom is -0.415 e. The largest absolute Gasteiger partial charge is 0.415 e. The van der Waals surface area contributed by atoms with Gasteiger partial charge < -0.3 is 4.43 Å². The van der Waals surface area contributed by atoms with Crippen molar-refractivity contribution in [1.29, 1.82) is 0 Å². The normalized spacial score (nSPS) is 17.0. The van der Waals surface area contributed by atoms with Crippen molar-refractivity contribution in [3.63, 3.8) is 0 Å². The maximum atomic E-state index is 12.6. The van der Waals surface area contributed by atoms with Crippen LogP contribution in [0.3, 0.4) is 0 Å². The van der Waals surface area contributed by atoms with Crippen molar-refractivity contribution < 1.29 is 14.0 Å². The van der Waals surface area contributed by atoms with Crippen molar-refractivity contribution in [3.05, 3.63) is 35.4 Å². The van der Waals surface area contributed by atoms with Gasteiger partial charge in [-0.25, -0.2) is 0 Å². The quantitative estimate of drug-likeness (QED) is 0.222. The number of alkyl halides is 2. The molecule has 0 fully saturated rings. The monoisotopic (exact) mass is 531 g/mol. The van der Waals surface area contributed by atoms with Gasteiger partial charge in [-0.1, -0.05) is 85.5 Å². The minimum atomic E-state index is -1.96. The van der Waals surface area contributed by atoms with Gasteiger partial charge >= 0.3 is 0 Å². The number of rotatable bonds is 9. The first kappa shape index (κ1) is 23.8. The van der Waals surface area contributed by atoms with Crippen molar-refractivity contribution in [1.82, 2.24) is 4.90 Å². The zero-order valence-corrected chi connectivity index (χ0v) is 21.7. The fourth-order valence-corrected chi connectivity index (χ4v) is 11.0. The Morgan fingerprint density at radius 2 is 1.29 bits per heavy atom. The fraction of sp³-hybridized carbons (Fsp3) is 0.619. The number of halogens is 2. The first-order valence-electron chi connectivity index (χ1n) is 9.91. The van der Waals surface area contributed by atoms with Crippen LogP contribution in [-0.4, -0.2) is 47.8 Å². The maximum absolute atomic E-state index is 12.6. The highest BCUT2D eigenvalue weighted by Gasteiger charge is 2.45. The molecule has 0 spiro atoms. The summed E-state index contributed by atoms with van der Waals surface area (Å²) in [5.41, 5.74) is 2.51. The second-order valence-electron chi connectivity index (χ2n) is 8.43. The van der Waals surface area contributed by atoms with Gasteiger partial charge in [0.1, 0.15) is 0 Å². The van der Waals surface area contributed by atoms with Crippen LogP contribution in [0.5, 0.6) is 0 Å². The lowest BCUT2D eigenvalue weighted by Gasteiger charge is -2.43. The lowest BCUT2D eigenvalue weighted by Crippen LogP contribution is -2.49. The highest BCUT2D eigenvalue weighted by molar-refractivity contribution is 9.12. The molecule has 0 aliphatic carbocycles. The Morgan fingerprint density at radius 3 is 1.68 bits per heavy atom. The van der Waals surface area contributed by atoms with E-state index in [-0.39, 0.29) is 21.5 Å². The van der Waals surface area contributed by atoms with Crippen LogP contribution in [0, 0.1) is 0 Å². The molecule has 28 heavy (non-hydrogen) atoms. The highest BCUT2D eigenvalue weighted by Crippen LogP contribution is 2.42. The molecule has 0 unspecified atom stereocenters. The topological polar surface area (TPSA) is 46.6 Å². The second-order valence-corrected chi connectivity index (χ2v) is 16.2. The highest BCUT2D eigenvalue weighted by atomic mass is 79.9. The molecular weight excluding hydrogens is 502 g/mol. The van der Waals surface area contributed by atoms with Crippen LogP contribution in [0.15, 0.2) is 24.3 Å². The summed E-state index contributed by atoms with van der Waals surface area (Å²) in [5, 5.41) is 0. The van der Waals surface area contributed by atoms with Crippen LogP contribution >= 0.6 is 31.9 Å². The van der Waals surface area contributed by atoms with Gasteiger partial charge in [0.15, 0.2) is 8.32 Å². The molecule has 0 bridgehead atoms. The Balaban J connectivity index is 2.05. The predicted molar refractivity (Wildman–Crippen MR) is 124 cm³/mol. The summed E-state index contributed by atoms with van der Waals surface area (Å²) in [5.74, 6) is -0.443. The Labute approximate surface area is 186 Å². The molecule has 0 N–H and O–H groups in total. The third-order valence-corrected chi connectivity index (χ3v) is 14.4. The summed E-state index contributed by atoms with van der Waals surface area (Å²) in [4.78, 5) is 26.4. The molecule has 1 aromatic rings. The number of hydrogen-bond donors (Lipinski definition) is 0. The number of carbonyl (C=O) groups excluding carboxylic acids is 2. The van der Waals surface area contributed by atoms with Gasteiger partial charge in [-0.3, -0.25) is 14.5 Å². The van der Waals surface area contributed by atoms with Crippen LogP contribution in [0.25, 0.3) is 0 Å². The van der Waals surface area contributed by atoms with Crippen molar-refractivity contribution >= 4 is 52.0 Å². The van der Waals surface area contributed by atoms with E-state index in [1.54, 1.807) is 24.3 Å². The number of amides is 2. The molecule has 4 nitrogen and oxygen atoms in total. The zero-order chi connectivity index (χ0) is 21.2. The first-order valence-corrected chi connectivity index (χ1v) is 13.9. The third-order valence-electron chi connectivity index (χ3n) is 5.83. The molecule has 7 heteroatoms. The molecular formula is C21H31Br2NO3Si. The molecule has 2 rings (SSSR count). The van der Waals surface area contributed by atoms with E-state index in [1.165, 1.54) is 4.90 Å². The summed E-state index contributed by atoms with van der Waals surface area (Å²) in [6, 6.07) is 6.99. The molecule has 0 radical (unpaired) electrons. The van der Waals surface area contributed by atoms with E-state index >= 15 is 0 Å². The van der Waals surface area contributed by atoms with Gasteiger partial charge in [0.05, 0.1) is 16.0 Å². The van der Waals surface area contributed by atoms with Crippen LogP contribution in [0.1, 0.15) is 62.3 Å². The van der Waals surface area contributed by atoms with Crippen LogP contribution in [-0.2, 0) is 4.43 Å². The lowest BCUT2D eigenvalue weighted by molar-refractivity contribution is 0.0653. The number of fused-ring (bicyclic) bond motifs is 1. The van der Waals surface area contributed by atoms with Crippen molar-refractivity contribution in [3.8, 4) is 0 Å². The molecule has 1 aliphatic rings. The lowest BCUT2D eigenvalue weighted by atomic mass is 10.1. The first-order chi connectivity index (χ1) is 13.0. The average molecular weight is 533 g/mol. The molecule has 0 saturated carbocycles. The molecule has 2 amide bonds. The Morgan fingerprint density at radius 1 is 0.857 bits per heavy atom. The van der Waals surface area contributed by atoms with E-state index in [0.717, 1.165) is 0 Å². The number of carbonyl (C=O) groups is 2. The van der Waals surface area contributed by atoms with E-state index in [1.807, 2.05) is 0 Å². The Hall–Kier alpha value is -0.503. The van der Waals surface area contributed by atoms with Crippen molar-refractivity contribution in [2.24, 2.45) is 0 Å². The summed E-state index contributed by atoms with van der Waals surface area (Å²) in [6.07, 6.45) is 0. The van der Waals surface area contributed by atoms with E-state index in [4.69, 9.17) is 4.43 Å². The van der Waals surface area contributed by atoms with Crippen LogP contribution in [0.4, 0.5) is 0 Å². The summed E-state index contributed by atoms with van der Waals surface area (Å²) in [6.45, 7) is 14.4. The van der Waals surface area contributed by atoms with E-state index in [2.05, 4.69) is 73.4 Å². The number of nitrogens with zero attached hydrogens (tertiary/aromatic N) is 1. The summed E-state index contributed by atoms with van der Waals surface area (Å²) >= 11 is 7.40. The zero-order valence-electron chi connectivity index (χ0n) is 17.5. The van der Waals surface area contributed by atoms with Gasteiger partial charge in [-0.05, 0) is 28.8 Å².